The molecule has 1 N–H and O–H groups in total. The van der Waals surface area contributed by atoms with Crippen molar-refractivity contribution in [3.8, 4) is 11.5 Å². The minimum absolute atomic E-state index is 0.622. The highest BCUT2D eigenvalue weighted by atomic mass is 79.9. The number of nitrogens with one attached hydrogen (secondary N) is 1. The summed E-state index contributed by atoms with van der Waals surface area (Å²) in [6.45, 7) is 3.47. The lowest BCUT2D eigenvalue weighted by molar-refractivity contribution is 0.308. The van der Waals surface area contributed by atoms with Crippen LogP contribution in [0.4, 0.5) is 0 Å². The first-order valence-electron chi connectivity index (χ1n) is 7.45. The molecule has 2 atom stereocenters. The van der Waals surface area contributed by atoms with Gasteiger partial charge in [-0.1, -0.05) is 6.42 Å². The van der Waals surface area contributed by atoms with Gasteiger partial charge in [0.2, 0.25) is 0 Å². The summed E-state index contributed by atoms with van der Waals surface area (Å²) < 4.78 is 12.0. The first-order valence-corrected chi connectivity index (χ1v) is 9.53. The third-order valence-electron chi connectivity index (χ3n) is 3.90. The largest absolute Gasteiger partial charge is 0.493 e. The molecule has 0 aromatic heterocycles. The van der Waals surface area contributed by atoms with Crippen molar-refractivity contribution in [2.24, 2.45) is 0 Å². The second-order valence-electron chi connectivity index (χ2n) is 5.23. The van der Waals surface area contributed by atoms with Crippen molar-refractivity contribution in [3.63, 3.8) is 0 Å². The Hall–Kier alpha value is -0.390. The van der Waals surface area contributed by atoms with E-state index in [2.05, 4.69) is 39.6 Å². The van der Waals surface area contributed by atoms with Crippen molar-refractivity contribution in [3.05, 3.63) is 22.2 Å². The lowest BCUT2D eigenvalue weighted by Crippen LogP contribution is -2.33. The maximum absolute atomic E-state index is 5.63. The summed E-state index contributed by atoms with van der Waals surface area (Å²) in [7, 11) is 1.68. The van der Waals surface area contributed by atoms with Gasteiger partial charge in [-0.2, -0.15) is 11.8 Å². The Morgan fingerprint density at radius 2 is 2.19 bits per heavy atom. The van der Waals surface area contributed by atoms with Crippen molar-refractivity contribution < 1.29 is 9.47 Å². The molecule has 1 aromatic carbocycles. The molecular weight excluding hydrogens is 350 g/mol. The highest BCUT2D eigenvalue weighted by molar-refractivity contribution is 9.10. The van der Waals surface area contributed by atoms with Gasteiger partial charge in [-0.05, 0) is 59.6 Å². The van der Waals surface area contributed by atoms with Crippen LogP contribution in [-0.2, 0) is 6.54 Å². The van der Waals surface area contributed by atoms with E-state index in [-0.39, 0.29) is 0 Å². The minimum Gasteiger partial charge on any atom is -0.493 e. The average molecular weight is 374 g/mol. The topological polar surface area (TPSA) is 30.5 Å². The first kappa shape index (κ1) is 17.0. The van der Waals surface area contributed by atoms with Gasteiger partial charge in [0, 0.05) is 17.8 Å². The van der Waals surface area contributed by atoms with Crippen LogP contribution in [0.3, 0.4) is 0 Å². The van der Waals surface area contributed by atoms with E-state index in [1.165, 1.54) is 24.8 Å². The van der Waals surface area contributed by atoms with E-state index in [1.54, 1.807) is 7.11 Å². The summed E-state index contributed by atoms with van der Waals surface area (Å²) in [5.74, 6) is 1.57. The second-order valence-corrected chi connectivity index (χ2v) is 7.17. The van der Waals surface area contributed by atoms with Crippen molar-refractivity contribution in [2.45, 2.75) is 44.0 Å². The Balaban J connectivity index is 2.05. The van der Waals surface area contributed by atoms with E-state index >= 15 is 0 Å². The summed E-state index contributed by atoms with van der Waals surface area (Å²) in [6, 6.07) is 4.80. The van der Waals surface area contributed by atoms with E-state index in [0.717, 1.165) is 27.8 Å². The Morgan fingerprint density at radius 1 is 1.38 bits per heavy atom. The average Bonchev–Trinajstić information content (AvgIpc) is 2.95. The van der Waals surface area contributed by atoms with Crippen molar-refractivity contribution >= 4 is 27.7 Å². The molecule has 118 valence electrons. The Kier molecular flexibility index (Phi) is 6.71. The number of rotatable bonds is 7. The third-order valence-corrected chi connectivity index (χ3v) is 5.66. The summed E-state index contributed by atoms with van der Waals surface area (Å²) in [5, 5.41) is 4.44. The van der Waals surface area contributed by atoms with Gasteiger partial charge < -0.3 is 14.8 Å². The molecule has 5 heteroatoms. The number of ether oxygens (including phenoxy) is 2. The van der Waals surface area contributed by atoms with E-state index < -0.39 is 0 Å². The van der Waals surface area contributed by atoms with Crippen LogP contribution in [0.1, 0.15) is 31.7 Å². The van der Waals surface area contributed by atoms with Gasteiger partial charge in [0.1, 0.15) is 0 Å². The SMILES string of the molecule is CCOc1c(Br)cc(CNC2CCCC2SC)cc1OC. The smallest absolute Gasteiger partial charge is 0.175 e. The van der Waals surface area contributed by atoms with Crippen LogP contribution in [0.15, 0.2) is 16.6 Å². The molecule has 0 amide bonds. The number of methoxy groups -OCH3 is 1. The van der Waals surface area contributed by atoms with Crippen LogP contribution in [0.5, 0.6) is 11.5 Å². The zero-order chi connectivity index (χ0) is 15.2. The van der Waals surface area contributed by atoms with Crippen molar-refractivity contribution in [2.75, 3.05) is 20.0 Å². The molecule has 2 rings (SSSR count). The molecule has 0 saturated heterocycles. The highest BCUT2D eigenvalue weighted by Gasteiger charge is 2.25. The maximum atomic E-state index is 5.63. The van der Waals surface area contributed by atoms with Gasteiger partial charge in [-0.25, -0.2) is 0 Å². The van der Waals surface area contributed by atoms with Crippen LogP contribution in [-0.4, -0.2) is 31.3 Å². The van der Waals surface area contributed by atoms with Gasteiger partial charge in [-0.15, -0.1) is 0 Å². The fourth-order valence-electron chi connectivity index (χ4n) is 2.85. The van der Waals surface area contributed by atoms with E-state index in [0.29, 0.717) is 12.6 Å². The van der Waals surface area contributed by atoms with Gasteiger partial charge in [0.15, 0.2) is 11.5 Å². The number of halogens is 1. The summed E-state index contributed by atoms with van der Waals surface area (Å²) in [5.41, 5.74) is 1.22. The molecule has 21 heavy (non-hydrogen) atoms. The summed E-state index contributed by atoms with van der Waals surface area (Å²) in [4.78, 5) is 0. The lowest BCUT2D eigenvalue weighted by atomic mass is 10.1. The minimum atomic E-state index is 0.622. The molecule has 1 aromatic rings. The quantitative estimate of drug-likeness (QED) is 0.774. The van der Waals surface area contributed by atoms with Crippen LogP contribution < -0.4 is 14.8 Å². The van der Waals surface area contributed by atoms with Crippen LogP contribution in [0.25, 0.3) is 0 Å². The zero-order valence-electron chi connectivity index (χ0n) is 12.9. The van der Waals surface area contributed by atoms with Gasteiger partial charge in [0.25, 0.3) is 0 Å². The van der Waals surface area contributed by atoms with Crippen molar-refractivity contribution in [1.29, 1.82) is 0 Å². The summed E-state index contributed by atoms with van der Waals surface area (Å²) in [6.07, 6.45) is 6.15. The van der Waals surface area contributed by atoms with Gasteiger partial charge in [-0.3, -0.25) is 0 Å². The lowest BCUT2D eigenvalue weighted by Gasteiger charge is -2.20. The molecule has 0 bridgehead atoms. The standard InChI is InChI=1S/C16H24BrNO2S/c1-4-20-16-12(17)8-11(9-14(16)19-2)10-18-13-6-5-7-15(13)21-3/h8-9,13,15,18H,4-7,10H2,1-3H3. The number of benzene rings is 1. The van der Waals surface area contributed by atoms with E-state index in [9.17, 15) is 0 Å². The molecular formula is C16H24BrNO2S. The van der Waals surface area contributed by atoms with Crippen LogP contribution >= 0.6 is 27.7 Å². The Labute approximate surface area is 140 Å². The molecule has 0 aliphatic heterocycles. The maximum Gasteiger partial charge on any atom is 0.175 e. The molecule has 1 saturated carbocycles. The fraction of sp³-hybridized carbons (Fsp3) is 0.625. The number of hydrogen-bond acceptors (Lipinski definition) is 4. The third kappa shape index (κ3) is 4.30. The molecule has 0 spiro atoms. The predicted molar refractivity (Wildman–Crippen MR) is 93.6 cm³/mol. The van der Waals surface area contributed by atoms with E-state index in [4.69, 9.17) is 9.47 Å². The summed E-state index contributed by atoms with van der Waals surface area (Å²) >= 11 is 5.56. The molecule has 1 aliphatic carbocycles. The Morgan fingerprint density at radius 3 is 2.86 bits per heavy atom. The predicted octanol–water partition coefficient (Wildman–Crippen LogP) is 4.23. The molecule has 1 fully saturated rings. The van der Waals surface area contributed by atoms with E-state index in [1.807, 2.05) is 18.7 Å². The normalized spacial score (nSPS) is 21.5. The molecule has 3 nitrogen and oxygen atoms in total. The second kappa shape index (κ2) is 8.30. The highest BCUT2D eigenvalue weighted by Crippen LogP contribution is 2.37. The van der Waals surface area contributed by atoms with Crippen LogP contribution in [0.2, 0.25) is 0 Å². The molecule has 2 unspecified atom stereocenters. The zero-order valence-corrected chi connectivity index (χ0v) is 15.4. The molecule has 1 aliphatic rings. The van der Waals surface area contributed by atoms with Gasteiger partial charge in [0.05, 0.1) is 18.2 Å². The van der Waals surface area contributed by atoms with Crippen molar-refractivity contribution in [1.82, 2.24) is 5.32 Å². The first-order chi connectivity index (χ1) is 10.2. The number of hydrogen-bond donors (Lipinski definition) is 1. The monoisotopic (exact) mass is 373 g/mol. The fourth-order valence-corrected chi connectivity index (χ4v) is 4.42. The van der Waals surface area contributed by atoms with Gasteiger partial charge >= 0.3 is 0 Å². The number of thioether (sulfide) groups is 1. The molecule has 0 radical (unpaired) electrons. The van der Waals surface area contributed by atoms with Crippen LogP contribution in [0, 0.1) is 0 Å². The Bertz CT molecular complexity index is 470. The molecule has 0 heterocycles.